The molecule has 1 saturated carbocycles. The zero-order valence-electron chi connectivity index (χ0n) is 15.8. The van der Waals surface area contributed by atoms with Crippen LogP contribution in [0.5, 0.6) is 0 Å². The average molecular weight is 377 g/mol. The molecule has 28 heavy (non-hydrogen) atoms. The molecule has 6 heteroatoms. The number of carbonyl (C=O) groups is 1. The van der Waals surface area contributed by atoms with Gasteiger partial charge in [-0.1, -0.05) is 42.4 Å². The van der Waals surface area contributed by atoms with Crippen LogP contribution in [0.1, 0.15) is 30.9 Å². The second-order valence-electron chi connectivity index (χ2n) is 7.08. The molecule has 0 aliphatic heterocycles. The Bertz CT molecular complexity index is 930. The van der Waals surface area contributed by atoms with Gasteiger partial charge in [0.2, 0.25) is 5.82 Å². The molecule has 1 fully saturated rings. The van der Waals surface area contributed by atoms with E-state index in [-0.39, 0.29) is 6.10 Å². The number of nitrogens with one attached hydrogen (secondary N) is 1. The fraction of sp³-hybridized carbons (Fsp3) is 0.318. The van der Waals surface area contributed by atoms with Crippen molar-refractivity contribution in [2.24, 2.45) is 0 Å². The number of benzene rings is 2. The van der Waals surface area contributed by atoms with Crippen LogP contribution in [0, 0.1) is 0 Å². The highest BCUT2D eigenvalue weighted by molar-refractivity contribution is 5.60. The summed E-state index contributed by atoms with van der Waals surface area (Å²) < 4.78 is 10.4. The van der Waals surface area contributed by atoms with Gasteiger partial charge in [0.1, 0.15) is 6.10 Å². The van der Waals surface area contributed by atoms with Gasteiger partial charge in [-0.2, -0.15) is 4.98 Å². The second kappa shape index (κ2) is 8.35. The number of nitrogens with zero attached hydrogens (tertiary/aromatic N) is 2. The molecule has 144 valence electrons. The maximum absolute atomic E-state index is 10.3. The maximum Gasteiger partial charge on any atom is 0.293 e. The highest BCUT2D eigenvalue weighted by atomic mass is 16.5. The topological polar surface area (TPSA) is 77.3 Å². The van der Waals surface area contributed by atoms with Crippen LogP contribution < -0.4 is 5.32 Å². The van der Waals surface area contributed by atoms with Crippen LogP contribution >= 0.6 is 0 Å². The van der Waals surface area contributed by atoms with Gasteiger partial charge in [-0.25, -0.2) is 0 Å². The van der Waals surface area contributed by atoms with Crippen LogP contribution in [-0.4, -0.2) is 28.8 Å². The predicted octanol–water partition coefficient (Wildman–Crippen LogP) is 3.76. The summed E-state index contributed by atoms with van der Waals surface area (Å²) in [6.07, 6.45) is 2.79. The normalized spacial score (nSPS) is 18.5. The van der Waals surface area contributed by atoms with E-state index in [1.807, 2.05) is 24.3 Å². The second-order valence-corrected chi connectivity index (χ2v) is 7.08. The first-order valence-electron chi connectivity index (χ1n) is 9.60. The van der Waals surface area contributed by atoms with Crippen molar-refractivity contribution in [3.05, 3.63) is 59.7 Å². The van der Waals surface area contributed by atoms with E-state index in [9.17, 15) is 4.79 Å². The highest BCUT2D eigenvalue weighted by Crippen LogP contribution is 2.25. The number of ether oxygens (including phenoxy) is 1. The molecule has 6 nitrogen and oxygen atoms in total. The molecule has 0 unspecified atom stereocenters. The molecule has 1 aliphatic carbocycles. The lowest BCUT2D eigenvalue weighted by Crippen LogP contribution is -2.44. The molecule has 0 spiro atoms. The molecular formula is C22H23N3O3. The summed E-state index contributed by atoms with van der Waals surface area (Å²) in [5, 5.41) is 7.63. The lowest BCUT2D eigenvalue weighted by atomic mass is 9.89. The van der Waals surface area contributed by atoms with E-state index >= 15 is 0 Å². The molecule has 1 heterocycles. The third-order valence-corrected chi connectivity index (χ3v) is 5.16. The predicted molar refractivity (Wildman–Crippen MR) is 105 cm³/mol. The molecule has 1 N–H and O–H groups in total. The van der Waals surface area contributed by atoms with Gasteiger partial charge in [0.05, 0.1) is 0 Å². The van der Waals surface area contributed by atoms with E-state index in [4.69, 9.17) is 9.26 Å². The van der Waals surface area contributed by atoms with Crippen LogP contribution in [-0.2, 0) is 22.5 Å². The van der Waals surface area contributed by atoms with Crippen molar-refractivity contribution in [2.45, 2.75) is 44.9 Å². The van der Waals surface area contributed by atoms with Crippen LogP contribution in [0.15, 0.2) is 53.1 Å². The molecule has 0 amide bonds. The Balaban J connectivity index is 1.40. The van der Waals surface area contributed by atoms with Crippen LogP contribution in [0.3, 0.4) is 0 Å². The molecular weight excluding hydrogens is 354 g/mol. The van der Waals surface area contributed by atoms with E-state index in [1.165, 1.54) is 5.56 Å². The van der Waals surface area contributed by atoms with Crippen molar-refractivity contribution in [3.8, 4) is 22.8 Å². The van der Waals surface area contributed by atoms with Crippen LogP contribution in [0.4, 0.5) is 0 Å². The Kier molecular flexibility index (Phi) is 5.48. The summed E-state index contributed by atoms with van der Waals surface area (Å²) >= 11 is 0. The smallest absolute Gasteiger partial charge is 0.293 e. The van der Waals surface area contributed by atoms with Crippen LogP contribution in [0.2, 0.25) is 0 Å². The molecule has 0 saturated heterocycles. The third-order valence-electron chi connectivity index (χ3n) is 5.16. The van der Waals surface area contributed by atoms with E-state index in [0.717, 1.165) is 42.5 Å². The lowest BCUT2D eigenvalue weighted by molar-refractivity contribution is -0.138. The minimum atomic E-state index is 0.0606. The zero-order valence-corrected chi connectivity index (χ0v) is 15.8. The van der Waals surface area contributed by atoms with Gasteiger partial charge in [-0.3, -0.25) is 4.79 Å². The molecule has 2 aromatic carbocycles. The first kappa shape index (κ1) is 18.4. The summed E-state index contributed by atoms with van der Waals surface area (Å²) in [5.41, 5.74) is 4.27. The standard InChI is InChI=1S/C22H23N3O3/c1-2-15-6-8-17(9-7-15)22-24-21(25-28-22)18-5-3-4-16(10-18)13-23-19-11-20(12-19)27-14-26/h3-10,14,19-20,23H,2,11-13H2,1H3. The van der Waals surface area contributed by atoms with Gasteiger partial charge in [0.25, 0.3) is 12.4 Å². The molecule has 1 aliphatic rings. The quantitative estimate of drug-likeness (QED) is 0.602. The Morgan fingerprint density at radius 3 is 2.71 bits per heavy atom. The molecule has 0 bridgehead atoms. The first-order chi connectivity index (χ1) is 13.7. The van der Waals surface area contributed by atoms with Gasteiger partial charge in [0, 0.05) is 23.7 Å². The van der Waals surface area contributed by atoms with E-state index < -0.39 is 0 Å². The van der Waals surface area contributed by atoms with Crippen molar-refractivity contribution >= 4 is 6.47 Å². The first-order valence-corrected chi connectivity index (χ1v) is 9.60. The molecule has 1 aromatic heterocycles. The van der Waals surface area contributed by atoms with Gasteiger partial charge < -0.3 is 14.6 Å². The Hall–Kier alpha value is -2.99. The number of hydrogen-bond donors (Lipinski definition) is 1. The van der Waals surface area contributed by atoms with E-state index in [2.05, 4.69) is 46.6 Å². The van der Waals surface area contributed by atoms with E-state index in [1.54, 1.807) is 0 Å². The van der Waals surface area contributed by atoms with Gasteiger partial charge >= 0.3 is 0 Å². The van der Waals surface area contributed by atoms with Crippen molar-refractivity contribution in [1.82, 2.24) is 15.5 Å². The molecule has 4 rings (SSSR count). The summed E-state index contributed by atoms with van der Waals surface area (Å²) in [7, 11) is 0. The van der Waals surface area contributed by atoms with Gasteiger partial charge in [0.15, 0.2) is 0 Å². The highest BCUT2D eigenvalue weighted by Gasteiger charge is 2.29. The van der Waals surface area contributed by atoms with Crippen molar-refractivity contribution < 1.29 is 14.1 Å². The third kappa shape index (κ3) is 4.12. The summed E-state index contributed by atoms with van der Waals surface area (Å²) in [4.78, 5) is 14.9. The number of aromatic nitrogens is 2. The molecule has 0 atom stereocenters. The number of carbonyl (C=O) groups excluding carboxylic acids is 1. The molecule has 0 radical (unpaired) electrons. The van der Waals surface area contributed by atoms with Crippen molar-refractivity contribution in [1.29, 1.82) is 0 Å². The van der Waals surface area contributed by atoms with Crippen molar-refractivity contribution in [3.63, 3.8) is 0 Å². The average Bonchev–Trinajstić information content (AvgIpc) is 3.20. The van der Waals surface area contributed by atoms with Gasteiger partial charge in [-0.05, 0) is 48.6 Å². The Labute approximate surface area is 163 Å². The number of hydrogen-bond acceptors (Lipinski definition) is 6. The fourth-order valence-corrected chi connectivity index (χ4v) is 3.35. The van der Waals surface area contributed by atoms with Crippen LogP contribution in [0.25, 0.3) is 22.8 Å². The fourth-order valence-electron chi connectivity index (χ4n) is 3.35. The minimum Gasteiger partial charge on any atom is -0.464 e. The monoisotopic (exact) mass is 377 g/mol. The number of aryl methyl sites for hydroxylation is 1. The maximum atomic E-state index is 10.3. The summed E-state index contributed by atoms with van der Waals surface area (Å²) in [6.45, 7) is 3.40. The van der Waals surface area contributed by atoms with E-state index in [0.29, 0.717) is 24.2 Å². The van der Waals surface area contributed by atoms with Gasteiger partial charge in [-0.15, -0.1) is 0 Å². The lowest BCUT2D eigenvalue weighted by Gasteiger charge is -2.34. The summed E-state index contributed by atoms with van der Waals surface area (Å²) in [6, 6.07) is 16.7. The largest absolute Gasteiger partial charge is 0.464 e. The molecule has 3 aromatic rings. The van der Waals surface area contributed by atoms with Crippen molar-refractivity contribution in [2.75, 3.05) is 0 Å². The Morgan fingerprint density at radius 2 is 1.96 bits per heavy atom. The SMILES string of the molecule is CCc1ccc(-c2nc(-c3cccc(CNC4CC(OC=O)C4)c3)no2)cc1. The summed E-state index contributed by atoms with van der Waals surface area (Å²) in [5.74, 6) is 1.11. The minimum absolute atomic E-state index is 0.0606. The Morgan fingerprint density at radius 1 is 1.14 bits per heavy atom. The number of rotatable bonds is 8. The zero-order chi connectivity index (χ0) is 19.3.